The molecule has 1 heterocycles. The van der Waals surface area contributed by atoms with E-state index in [1.54, 1.807) is 17.0 Å². The number of amides is 1. The Hall–Kier alpha value is -2.45. The third-order valence-electron chi connectivity index (χ3n) is 4.97. The number of sulfonamides is 1. The fourth-order valence-electron chi connectivity index (χ4n) is 3.36. The molecule has 0 aromatic heterocycles. The molecule has 8 heteroatoms. The van der Waals surface area contributed by atoms with Gasteiger partial charge in [0, 0.05) is 26.1 Å². The van der Waals surface area contributed by atoms with Crippen molar-refractivity contribution >= 4 is 15.9 Å². The molecule has 1 amide bonds. The van der Waals surface area contributed by atoms with Gasteiger partial charge in [0.05, 0.1) is 4.90 Å². The molecule has 3 rings (SSSR count). The molecule has 0 saturated carbocycles. The highest BCUT2D eigenvalue weighted by Gasteiger charge is 2.24. The second-order valence-corrected chi connectivity index (χ2v) is 8.62. The molecule has 1 fully saturated rings. The number of phenols is 1. The summed E-state index contributed by atoms with van der Waals surface area (Å²) in [4.78, 5) is 14.1. The van der Waals surface area contributed by atoms with Crippen molar-refractivity contribution in [3.05, 3.63) is 59.9 Å². The molecule has 0 aliphatic carbocycles. The van der Waals surface area contributed by atoms with E-state index in [2.05, 4.69) is 4.72 Å². The Kier molecular flexibility index (Phi) is 6.31. The second kappa shape index (κ2) is 8.70. The van der Waals surface area contributed by atoms with Crippen molar-refractivity contribution in [3.63, 3.8) is 0 Å². The lowest BCUT2D eigenvalue weighted by Gasteiger charge is -2.32. The minimum absolute atomic E-state index is 0.00354. The molecule has 1 saturated heterocycles. The lowest BCUT2D eigenvalue weighted by Crippen LogP contribution is -2.39. The van der Waals surface area contributed by atoms with Gasteiger partial charge in [-0.2, -0.15) is 0 Å². The van der Waals surface area contributed by atoms with Crippen molar-refractivity contribution in [1.82, 2.24) is 9.62 Å². The predicted octanol–water partition coefficient (Wildman–Crippen LogP) is 2.61. The first kappa shape index (κ1) is 20.3. The summed E-state index contributed by atoms with van der Waals surface area (Å²) in [5.74, 6) is -0.0168. The zero-order valence-electron chi connectivity index (χ0n) is 15.3. The Morgan fingerprint density at radius 3 is 2.29 bits per heavy atom. The summed E-state index contributed by atoms with van der Waals surface area (Å²) < 4.78 is 39.6. The molecular weight excluding hydrogens is 383 g/mol. The van der Waals surface area contributed by atoms with Crippen molar-refractivity contribution in [3.8, 4) is 5.75 Å². The van der Waals surface area contributed by atoms with Gasteiger partial charge in [0.1, 0.15) is 11.6 Å². The number of likely N-dealkylation sites (tertiary alicyclic amines) is 1. The lowest BCUT2D eigenvalue weighted by molar-refractivity contribution is -0.132. The van der Waals surface area contributed by atoms with E-state index >= 15 is 0 Å². The van der Waals surface area contributed by atoms with Gasteiger partial charge in [-0.3, -0.25) is 4.79 Å². The maximum atomic E-state index is 12.9. The Labute approximate surface area is 164 Å². The summed E-state index contributed by atoms with van der Waals surface area (Å²) in [5, 5.41) is 9.38. The molecule has 2 aromatic carbocycles. The zero-order chi connectivity index (χ0) is 20.1. The van der Waals surface area contributed by atoms with E-state index in [-0.39, 0.29) is 29.5 Å². The van der Waals surface area contributed by atoms with Crippen molar-refractivity contribution < 1.29 is 22.7 Å². The van der Waals surface area contributed by atoms with E-state index in [1.807, 2.05) is 12.1 Å². The van der Waals surface area contributed by atoms with Crippen LogP contribution in [-0.4, -0.2) is 44.0 Å². The molecule has 2 aromatic rings. The smallest absolute Gasteiger partial charge is 0.240 e. The number of benzene rings is 2. The Morgan fingerprint density at radius 1 is 1.07 bits per heavy atom. The highest BCUT2D eigenvalue weighted by molar-refractivity contribution is 7.89. The molecule has 28 heavy (non-hydrogen) atoms. The third kappa shape index (κ3) is 5.08. The lowest BCUT2D eigenvalue weighted by atomic mass is 9.89. The molecule has 0 spiro atoms. The van der Waals surface area contributed by atoms with Crippen LogP contribution in [0.25, 0.3) is 0 Å². The van der Waals surface area contributed by atoms with Crippen molar-refractivity contribution in [2.75, 3.05) is 19.6 Å². The second-order valence-electron chi connectivity index (χ2n) is 6.85. The maximum Gasteiger partial charge on any atom is 0.240 e. The van der Waals surface area contributed by atoms with Gasteiger partial charge in [-0.25, -0.2) is 17.5 Å². The summed E-state index contributed by atoms with van der Waals surface area (Å²) in [7, 11) is -3.76. The van der Waals surface area contributed by atoms with Crippen LogP contribution in [0, 0.1) is 5.82 Å². The van der Waals surface area contributed by atoms with Crippen LogP contribution in [0.4, 0.5) is 4.39 Å². The average molecular weight is 406 g/mol. The standard InChI is InChI=1S/C20H23FN2O4S/c21-17-3-7-19(8-4-17)28(26,27)22-12-9-20(25)23-13-10-16(11-14-23)15-1-5-18(24)6-2-15/h1-8,16,22,24H,9-14H2. The fraction of sp³-hybridized carbons (Fsp3) is 0.350. The molecule has 6 nitrogen and oxygen atoms in total. The average Bonchev–Trinajstić information content (AvgIpc) is 2.69. The number of nitrogens with zero attached hydrogens (tertiary/aromatic N) is 1. The van der Waals surface area contributed by atoms with Gasteiger partial charge < -0.3 is 10.0 Å². The first-order valence-corrected chi connectivity index (χ1v) is 10.7. The molecule has 2 N–H and O–H groups in total. The Bertz CT molecular complexity index is 906. The SMILES string of the molecule is O=C(CCNS(=O)(=O)c1ccc(F)cc1)N1CCC(c2ccc(O)cc2)CC1. The van der Waals surface area contributed by atoms with E-state index in [1.165, 1.54) is 12.1 Å². The molecule has 0 bridgehead atoms. The van der Waals surface area contributed by atoms with Gasteiger partial charge in [-0.05, 0) is 60.7 Å². The van der Waals surface area contributed by atoms with E-state index in [4.69, 9.17) is 0 Å². The first-order chi connectivity index (χ1) is 13.3. The van der Waals surface area contributed by atoms with Crippen LogP contribution in [-0.2, 0) is 14.8 Å². The first-order valence-electron chi connectivity index (χ1n) is 9.17. The van der Waals surface area contributed by atoms with Gasteiger partial charge >= 0.3 is 0 Å². The topological polar surface area (TPSA) is 86.7 Å². The number of hydrogen-bond acceptors (Lipinski definition) is 4. The third-order valence-corrected chi connectivity index (χ3v) is 6.44. The molecule has 0 atom stereocenters. The number of phenolic OH excluding ortho intramolecular Hbond substituents is 1. The number of carbonyl (C=O) groups is 1. The van der Waals surface area contributed by atoms with Crippen LogP contribution in [0.1, 0.15) is 30.7 Å². The number of nitrogens with one attached hydrogen (secondary N) is 1. The Balaban J connectivity index is 1.45. The minimum atomic E-state index is -3.76. The summed E-state index contributed by atoms with van der Waals surface area (Å²) in [5.41, 5.74) is 1.15. The summed E-state index contributed by atoms with van der Waals surface area (Å²) in [6.45, 7) is 1.24. The quantitative estimate of drug-likeness (QED) is 0.772. The number of carbonyl (C=O) groups excluding carboxylic acids is 1. The highest BCUT2D eigenvalue weighted by Crippen LogP contribution is 2.29. The van der Waals surface area contributed by atoms with Crippen LogP contribution < -0.4 is 4.72 Å². The van der Waals surface area contributed by atoms with Crippen LogP contribution in [0.15, 0.2) is 53.4 Å². The minimum Gasteiger partial charge on any atom is -0.508 e. The molecule has 150 valence electrons. The van der Waals surface area contributed by atoms with Crippen LogP contribution in [0.3, 0.4) is 0 Å². The summed E-state index contributed by atoms with van der Waals surface area (Å²) in [6, 6.07) is 11.7. The highest BCUT2D eigenvalue weighted by atomic mass is 32.2. The van der Waals surface area contributed by atoms with Crippen molar-refractivity contribution in [1.29, 1.82) is 0 Å². The van der Waals surface area contributed by atoms with Crippen molar-refractivity contribution in [2.24, 2.45) is 0 Å². The number of aromatic hydroxyl groups is 1. The summed E-state index contributed by atoms with van der Waals surface area (Å²) >= 11 is 0. The number of rotatable bonds is 6. The van der Waals surface area contributed by atoms with E-state index in [0.717, 1.165) is 30.5 Å². The largest absolute Gasteiger partial charge is 0.508 e. The fourth-order valence-corrected chi connectivity index (χ4v) is 4.39. The normalized spacial score (nSPS) is 15.5. The number of hydrogen-bond donors (Lipinski definition) is 2. The zero-order valence-corrected chi connectivity index (χ0v) is 16.2. The van der Waals surface area contributed by atoms with Gasteiger partial charge in [0.2, 0.25) is 15.9 Å². The van der Waals surface area contributed by atoms with Crippen LogP contribution >= 0.6 is 0 Å². The van der Waals surface area contributed by atoms with E-state index in [0.29, 0.717) is 19.0 Å². The maximum absolute atomic E-state index is 12.9. The predicted molar refractivity (Wildman–Crippen MR) is 103 cm³/mol. The number of piperidine rings is 1. The molecule has 1 aliphatic rings. The molecule has 0 radical (unpaired) electrons. The van der Waals surface area contributed by atoms with E-state index < -0.39 is 15.8 Å². The van der Waals surface area contributed by atoms with Gasteiger partial charge in [-0.15, -0.1) is 0 Å². The molecule has 1 aliphatic heterocycles. The number of halogens is 1. The Morgan fingerprint density at radius 2 is 1.68 bits per heavy atom. The van der Waals surface area contributed by atoms with Gasteiger partial charge in [0.25, 0.3) is 0 Å². The van der Waals surface area contributed by atoms with Crippen LogP contribution in [0.2, 0.25) is 0 Å². The summed E-state index contributed by atoms with van der Waals surface area (Å²) in [6.07, 6.45) is 1.74. The molecule has 0 unspecified atom stereocenters. The van der Waals surface area contributed by atoms with E-state index in [9.17, 15) is 22.7 Å². The van der Waals surface area contributed by atoms with Gasteiger partial charge in [0.15, 0.2) is 0 Å². The monoisotopic (exact) mass is 406 g/mol. The van der Waals surface area contributed by atoms with Crippen LogP contribution in [0.5, 0.6) is 5.75 Å². The molecular formula is C20H23FN2O4S. The van der Waals surface area contributed by atoms with Gasteiger partial charge in [-0.1, -0.05) is 12.1 Å². The van der Waals surface area contributed by atoms with Crippen molar-refractivity contribution in [2.45, 2.75) is 30.1 Å².